The van der Waals surface area contributed by atoms with Crippen LogP contribution in [0.1, 0.15) is 19.8 Å². The van der Waals surface area contributed by atoms with Gasteiger partial charge in [0.15, 0.2) is 17.0 Å². The minimum absolute atomic E-state index is 0.0602. The van der Waals surface area contributed by atoms with Gasteiger partial charge in [-0.25, -0.2) is 9.67 Å². The number of benzene rings is 1. The highest BCUT2D eigenvalue weighted by atomic mass is 16.5. The molecule has 0 aliphatic carbocycles. The fourth-order valence-electron chi connectivity index (χ4n) is 5.25. The lowest BCUT2D eigenvalue weighted by atomic mass is 10.1. The number of carbonyl (C=O) groups excluding carboxylic acids is 1. The van der Waals surface area contributed by atoms with Crippen LogP contribution in [-0.2, 0) is 11.3 Å². The Hall–Kier alpha value is -4.19. The fraction of sp³-hybridized carbons (Fsp3) is 0.444. The molecule has 0 saturated carbocycles. The molecule has 2 aliphatic rings. The first kappa shape index (κ1) is 25.1. The molecular formula is C27H33N9O3. The quantitative estimate of drug-likeness (QED) is 0.398. The molecule has 204 valence electrons. The summed E-state index contributed by atoms with van der Waals surface area (Å²) in [6.45, 7) is 5.58. The predicted octanol–water partition coefficient (Wildman–Crippen LogP) is 1.95. The van der Waals surface area contributed by atoms with E-state index in [2.05, 4.69) is 10.00 Å². The number of piperazine rings is 1. The SMILES string of the molecule is CCn1c(N2CCN(C)C(=O)C2)nc2c(N3CCC(O)CC3)nc(-n3cc(-c4ccccc4)c(OC)n3)nc21. The monoisotopic (exact) mass is 531 g/mol. The zero-order valence-corrected chi connectivity index (χ0v) is 22.5. The van der Waals surface area contributed by atoms with Crippen LogP contribution in [0.4, 0.5) is 11.8 Å². The van der Waals surface area contributed by atoms with Crippen molar-refractivity contribution in [2.45, 2.75) is 32.4 Å². The number of rotatable bonds is 6. The van der Waals surface area contributed by atoms with Gasteiger partial charge in [0, 0.05) is 46.0 Å². The molecule has 2 aliphatic heterocycles. The number of methoxy groups -OCH3 is 1. The van der Waals surface area contributed by atoms with Crippen LogP contribution in [0.2, 0.25) is 0 Å². The first-order valence-corrected chi connectivity index (χ1v) is 13.4. The number of ether oxygens (including phenoxy) is 1. The highest BCUT2D eigenvalue weighted by Crippen LogP contribution is 2.33. The number of likely N-dealkylation sites (N-methyl/N-ethyl adjacent to an activating group) is 1. The molecule has 2 saturated heterocycles. The molecule has 0 radical (unpaired) electrons. The van der Waals surface area contributed by atoms with Gasteiger partial charge in [-0.15, -0.1) is 5.10 Å². The highest BCUT2D eigenvalue weighted by molar-refractivity contribution is 5.88. The minimum atomic E-state index is -0.318. The summed E-state index contributed by atoms with van der Waals surface area (Å²) in [5.41, 5.74) is 3.18. The van der Waals surface area contributed by atoms with Crippen molar-refractivity contribution >= 4 is 28.8 Å². The second kappa shape index (κ2) is 10.2. The van der Waals surface area contributed by atoms with E-state index < -0.39 is 0 Å². The third-order valence-corrected chi connectivity index (χ3v) is 7.53. The Morgan fingerprint density at radius 1 is 1.03 bits per heavy atom. The molecule has 0 spiro atoms. The Morgan fingerprint density at radius 3 is 2.49 bits per heavy atom. The van der Waals surface area contributed by atoms with Gasteiger partial charge in [-0.05, 0) is 25.3 Å². The van der Waals surface area contributed by atoms with Gasteiger partial charge < -0.3 is 24.5 Å². The molecule has 1 amide bonds. The van der Waals surface area contributed by atoms with E-state index in [1.807, 2.05) is 60.0 Å². The molecule has 2 fully saturated rings. The molecule has 4 aromatic rings. The average Bonchev–Trinajstić information content (AvgIpc) is 3.57. The summed E-state index contributed by atoms with van der Waals surface area (Å²) in [5.74, 6) is 2.35. The van der Waals surface area contributed by atoms with Gasteiger partial charge in [0.25, 0.3) is 5.95 Å². The van der Waals surface area contributed by atoms with Crippen molar-refractivity contribution in [2.75, 3.05) is 56.7 Å². The third-order valence-electron chi connectivity index (χ3n) is 7.53. The first-order chi connectivity index (χ1) is 19.0. The highest BCUT2D eigenvalue weighted by Gasteiger charge is 2.29. The zero-order valence-electron chi connectivity index (χ0n) is 22.5. The molecule has 1 N–H and O–H groups in total. The molecule has 0 bridgehead atoms. The van der Waals surface area contributed by atoms with Crippen LogP contribution in [0.15, 0.2) is 36.5 Å². The van der Waals surface area contributed by atoms with E-state index >= 15 is 0 Å². The molecule has 3 aromatic heterocycles. The second-order valence-electron chi connectivity index (χ2n) is 9.99. The molecule has 39 heavy (non-hydrogen) atoms. The number of aliphatic hydroxyl groups excluding tert-OH is 1. The van der Waals surface area contributed by atoms with Crippen LogP contribution in [0.3, 0.4) is 0 Å². The molecule has 0 unspecified atom stereocenters. The standard InChI is InChI=1S/C27H33N9O3/c1-4-35-24-22(28-27(35)34-15-14-32(2)21(38)17-34)23(33-12-10-19(37)11-13-33)29-26(30-24)36-16-20(25(31-36)39-3)18-8-6-5-7-9-18/h5-9,16,19,37H,4,10-15,17H2,1-3H3. The number of fused-ring (bicyclic) bond motifs is 1. The maximum atomic E-state index is 12.5. The summed E-state index contributed by atoms with van der Waals surface area (Å²) in [5, 5.41) is 14.8. The maximum absolute atomic E-state index is 12.5. The topological polar surface area (TPSA) is 118 Å². The van der Waals surface area contributed by atoms with Crippen LogP contribution < -0.4 is 14.5 Å². The Morgan fingerprint density at radius 2 is 1.79 bits per heavy atom. The zero-order chi connectivity index (χ0) is 27.1. The smallest absolute Gasteiger partial charge is 0.254 e. The van der Waals surface area contributed by atoms with Crippen molar-refractivity contribution in [3.8, 4) is 23.0 Å². The van der Waals surface area contributed by atoms with Gasteiger partial charge in [-0.1, -0.05) is 30.3 Å². The van der Waals surface area contributed by atoms with Gasteiger partial charge >= 0.3 is 0 Å². The normalized spacial score (nSPS) is 16.9. The Kier molecular flexibility index (Phi) is 6.55. The molecule has 5 heterocycles. The summed E-state index contributed by atoms with van der Waals surface area (Å²) in [6.07, 6.45) is 2.87. The second-order valence-corrected chi connectivity index (χ2v) is 9.99. The van der Waals surface area contributed by atoms with E-state index in [0.29, 0.717) is 80.3 Å². The molecule has 6 rings (SSSR count). The summed E-state index contributed by atoms with van der Waals surface area (Å²) >= 11 is 0. The molecule has 1 aromatic carbocycles. The number of imidazole rings is 1. The van der Waals surface area contributed by atoms with Gasteiger partial charge in [-0.3, -0.25) is 9.36 Å². The Labute approximate surface area is 226 Å². The van der Waals surface area contributed by atoms with E-state index in [9.17, 15) is 9.90 Å². The number of aryl methyl sites for hydroxylation is 1. The lowest BCUT2D eigenvalue weighted by Crippen LogP contribution is -2.49. The van der Waals surface area contributed by atoms with Crippen molar-refractivity contribution in [2.24, 2.45) is 0 Å². The number of aromatic nitrogens is 6. The number of aliphatic hydroxyl groups is 1. The van der Waals surface area contributed by atoms with Crippen molar-refractivity contribution < 1.29 is 14.6 Å². The largest absolute Gasteiger partial charge is 0.479 e. The number of anilines is 2. The van der Waals surface area contributed by atoms with Crippen LogP contribution >= 0.6 is 0 Å². The van der Waals surface area contributed by atoms with Crippen LogP contribution in [0.25, 0.3) is 28.2 Å². The predicted molar refractivity (Wildman–Crippen MR) is 147 cm³/mol. The van der Waals surface area contributed by atoms with E-state index in [-0.39, 0.29) is 18.6 Å². The summed E-state index contributed by atoms with van der Waals surface area (Å²) in [4.78, 5) is 33.4. The maximum Gasteiger partial charge on any atom is 0.254 e. The number of hydrogen-bond acceptors (Lipinski definition) is 9. The van der Waals surface area contributed by atoms with Crippen molar-refractivity contribution in [1.82, 2.24) is 34.2 Å². The Bertz CT molecular complexity index is 1490. The fourth-order valence-corrected chi connectivity index (χ4v) is 5.25. The van der Waals surface area contributed by atoms with Gasteiger partial charge in [0.2, 0.25) is 17.7 Å². The summed E-state index contributed by atoms with van der Waals surface area (Å²) in [6, 6.07) is 9.93. The van der Waals surface area contributed by atoms with Crippen molar-refractivity contribution in [1.29, 1.82) is 0 Å². The number of hydrogen-bond donors (Lipinski definition) is 1. The van der Waals surface area contributed by atoms with Crippen LogP contribution in [0, 0.1) is 0 Å². The number of carbonyl (C=O) groups is 1. The van der Waals surface area contributed by atoms with E-state index in [1.54, 1.807) is 16.7 Å². The van der Waals surface area contributed by atoms with Crippen molar-refractivity contribution in [3.05, 3.63) is 36.5 Å². The summed E-state index contributed by atoms with van der Waals surface area (Å²) in [7, 11) is 3.43. The minimum Gasteiger partial charge on any atom is -0.479 e. The molecule has 12 nitrogen and oxygen atoms in total. The van der Waals surface area contributed by atoms with E-state index in [1.165, 1.54) is 0 Å². The lowest BCUT2D eigenvalue weighted by molar-refractivity contribution is -0.129. The van der Waals surface area contributed by atoms with Crippen molar-refractivity contribution in [3.63, 3.8) is 0 Å². The molecule has 0 atom stereocenters. The molecular weight excluding hydrogens is 498 g/mol. The number of amides is 1. The molecule has 12 heteroatoms. The third kappa shape index (κ3) is 4.54. The van der Waals surface area contributed by atoms with Gasteiger partial charge in [-0.2, -0.15) is 9.97 Å². The number of nitrogens with zero attached hydrogens (tertiary/aromatic N) is 9. The van der Waals surface area contributed by atoms with Gasteiger partial charge in [0.1, 0.15) is 0 Å². The van der Waals surface area contributed by atoms with Crippen LogP contribution in [-0.4, -0.2) is 98.2 Å². The Balaban J connectivity index is 1.51. The van der Waals surface area contributed by atoms with Crippen LogP contribution in [0.5, 0.6) is 5.88 Å². The van der Waals surface area contributed by atoms with E-state index in [0.717, 1.165) is 11.1 Å². The van der Waals surface area contributed by atoms with E-state index in [4.69, 9.17) is 19.7 Å². The lowest BCUT2D eigenvalue weighted by Gasteiger charge is -2.32. The average molecular weight is 532 g/mol. The summed E-state index contributed by atoms with van der Waals surface area (Å²) < 4.78 is 9.30. The van der Waals surface area contributed by atoms with Gasteiger partial charge in [0.05, 0.1) is 25.3 Å². The number of piperidine rings is 1. The first-order valence-electron chi connectivity index (χ1n) is 13.4.